The quantitative estimate of drug-likeness (QED) is 0.321. The van der Waals surface area contributed by atoms with Gasteiger partial charge in [0.1, 0.15) is 0 Å². The van der Waals surface area contributed by atoms with Crippen molar-refractivity contribution in [2.24, 2.45) is 5.41 Å². The van der Waals surface area contributed by atoms with Gasteiger partial charge < -0.3 is 10.6 Å². The highest BCUT2D eigenvalue weighted by Gasteiger charge is 2.19. The van der Waals surface area contributed by atoms with E-state index < -0.39 is 15.3 Å². The summed E-state index contributed by atoms with van der Waals surface area (Å²) in [7, 11) is 0. The summed E-state index contributed by atoms with van der Waals surface area (Å²) in [6.45, 7) is 4.28. The molecule has 0 aliphatic heterocycles. The summed E-state index contributed by atoms with van der Waals surface area (Å²) in [4.78, 5) is 44.8. The highest BCUT2D eigenvalue weighted by Crippen LogP contribution is 2.16. The fourth-order valence-corrected chi connectivity index (χ4v) is 2.66. The second-order valence-electron chi connectivity index (χ2n) is 7.97. The van der Waals surface area contributed by atoms with Crippen molar-refractivity contribution in [2.45, 2.75) is 13.8 Å². The van der Waals surface area contributed by atoms with E-state index in [1.165, 1.54) is 60.7 Å². The third-order valence-electron chi connectivity index (χ3n) is 4.50. The summed E-state index contributed by atoms with van der Waals surface area (Å²) < 4.78 is 0. The maximum atomic E-state index is 12.1. The lowest BCUT2D eigenvalue weighted by atomic mass is 9.93. The first-order chi connectivity index (χ1) is 15.6. The zero-order valence-corrected chi connectivity index (χ0v) is 18.2. The molecule has 2 rings (SSSR count). The van der Waals surface area contributed by atoms with Gasteiger partial charge in [0.15, 0.2) is 0 Å². The van der Waals surface area contributed by atoms with Gasteiger partial charge in [-0.05, 0) is 28.7 Å². The molecule has 0 aliphatic carbocycles. The summed E-state index contributed by atoms with van der Waals surface area (Å²) in [5, 5.41) is 27.1. The van der Waals surface area contributed by atoms with E-state index in [2.05, 4.69) is 10.6 Å². The third kappa shape index (κ3) is 8.74. The Balaban J connectivity index is 1.82. The monoisotopic (exact) mass is 452 g/mol. The van der Waals surface area contributed by atoms with Crippen LogP contribution < -0.4 is 10.6 Å². The number of nitrogens with one attached hydrogen (secondary N) is 2. The van der Waals surface area contributed by atoms with Gasteiger partial charge in [-0.15, -0.1) is 0 Å². The van der Waals surface area contributed by atoms with Crippen molar-refractivity contribution < 1.29 is 19.4 Å². The molecule has 0 atom stereocenters. The Bertz CT molecular complexity index is 1020. The number of nitro benzene ring substituents is 2. The number of amides is 2. The Morgan fingerprint density at radius 2 is 1.21 bits per heavy atom. The largest absolute Gasteiger partial charge is 0.352 e. The lowest BCUT2D eigenvalue weighted by molar-refractivity contribution is -0.385. The van der Waals surface area contributed by atoms with E-state index in [0.717, 1.165) is 0 Å². The lowest BCUT2D eigenvalue weighted by Gasteiger charge is -2.24. The molecule has 2 amide bonds. The zero-order valence-electron chi connectivity index (χ0n) is 18.2. The van der Waals surface area contributed by atoms with E-state index in [1.54, 1.807) is 12.1 Å². The number of nitrogens with zero attached hydrogens (tertiary/aromatic N) is 2. The van der Waals surface area contributed by atoms with Crippen molar-refractivity contribution in [3.05, 3.63) is 92.0 Å². The molecule has 172 valence electrons. The number of hydrogen-bond donors (Lipinski definition) is 2. The standard InChI is InChI=1S/C23H24N4O6/c1-23(2,15-24-21(28)11-9-17-5-3-7-19(13-17)26(30)31)16-25-22(29)12-10-18-6-4-8-20(14-18)27(32)33/h3-14H,15-16H2,1-2H3,(H,24,28)(H,25,29)/b11-9+,12-10+. The zero-order chi connectivity index (χ0) is 24.4. The molecule has 0 unspecified atom stereocenters. The molecule has 0 saturated carbocycles. The smallest absolute Gasteiger partial charge is 0.270 e. The van der Waals surface area contributed by atoms with Gasteiger partial charge in [-0.2, -0.15) is 0 Å². The number of benzene rings is 2. The fourth-order valence-electron chi connectivity index (χ4n) is 2.66. The topological polar surface area (TPSA) is 144 Å². The fraction of sp³-hybridized carbons (Fsp3) is 0.217. The van der Waals surface area contributed by atoms with Crippen LogP contribution in [0.2, 0.25) is 0 Å². The first-order valence-corrected chi connectivity index (χ1v) is 9.96. The van der Waals surface area contributed by atoms with Gasteiger partial charge in [-0.3, -0.25) is 29.8 Å². The van der Waals surface area contributed by atoms with Crippen LogP contribution in [-0.2, 0) is 9.59 Å². The van der Waals surface area contributed by atoms with Crippen LogP contribution in [0, 0.1) is 25.6 Å². The van der Waals surface area contributed by atoms with E-state index >= 15 is 0 Å². The number of carbonyl (C=O) groups excluding carboxylic acids is 2. The van der Waals surface area contributed by atoms with E-state index in [4.69, 9.17) is 0 Å². The Kier molecular flexibility index (Phi) is 8.56. The highest BCUT2D eigenvalue weighted by atomic mass is 16.6. The van der Waals surface area contributed by atoms with Crippen molar-refractivity contribution in [3.8, 4) is 0 Å². The number of rotatable bonds is 10. The van der Waals surface area contributed by atoms with Gasteiger partial charge in [0, 0.05) is 49.5 Å². The number of carbonyl (C=O) groups is 2. The molecule has 0 fully saturated rings. The average molecular weight is 452 g/mol. The summed E-state index contributed by atoms with van der Waals surface area (Å²) in [5.41, 5.74) is 0.482. The Hall–Kier alpha value is -4.34. The minimum absolute atomic E-state index is 0.0611. The van der Waals surface area contributed by atoms with Crippen LogP contribution in [0.1, 0.15) is 25.0 Å². The van der Waals surface area contributed by atoms with Gasteiger partial charge in [-0.25, -0.2) is 0 Å². The molecule has 0 saturated heterocycles. The summed E-state index contributed by atoms with van der Waals surface area (Å²) in [5.74, 6) is -0.738. The van der Waals surface area contributed by atoms with Crippen LogP contribution in [0.25, 0.3) is 12.2 Å². The van der Waals surface area contributed by atoms with Crippen molar-refractivity contribution in [2.75, 3.05) is 13.1 Å². The molecule has 10 heteroatoms. The molecular formula is C23H24N4O6. The molecule has 33 heavy (non-hydrogen) atoms. The minimum Gasteiger partial charge on any atom is -0.352 e. The predicted octanol–water partition coefficient (Wildman–Crippen LogP) is 3.49. The lowest BCUT2D eigenvalue weighted by Crippen LogP contribution is -2.41. The Morgan fingerprint density at radius 3 is 1.58 bits per heavy atom. The number of nitro groups is 2. The van der Waals surface area contributed by atoms with Crippen LogP contribution >= 0.6 is 0 Å². The third-order valence-corrected chi connectivity index (χ3v) is 4.50. The molecule has 2 N–H and O–H groups in total. The van der Waals surface area contributed by atoms with Crippen molar-refractivity contribution in [1.82, 2.24) is 10.6 Å². The molecule has 0 spiro atoms. The second kappa shape index (κ2) is 11.3. The molecule has 0 aromatic heterocycles. The Morgan fingerprint density at radius 1 is 0.818 bits per heavy atom. The molecule has 0 bridgehead atoms. The highest BCUT2D eigenvalue weighted by molar-refractivity contribution is 5.92. The first-order valence-electron chi connectivity index (χ1n) is 9.96. The van der Waals surface area contributed by atoms with Gasteiger partial charge in [0.05, 0.1) is 9.85 Å². The van der Waals surface area contributed by atoms with Crippen LogP contribution in [0.3, 0.4) is 0 Å². The summed E-state index contributed by atoms with van der Waals surface area (Å²) in [6.07, 6.45) is 5.54. The van der Waals surface area contributed by atoms with E-state index in [9.17, 15) is 29.8 Å². The molecule has 0 radical (unpaired) electrons. The van der Waals surface area contributed by atoms with Gasteiger partial charge in [0.25, 0.3) is 11.4 Å². The van der Waals surface area contributed by atoms with E-state index in [1.807, 2.05) is 13.8 Å². The summed E-state index contributed by atoms with van der Waals surface area (Å²) in [6, 6.07) is 11.8. The minimum atomic E-state index is -0.507. The van der Waals surface area contributed by atoms with Crippen LogP contribution in [0.4, 0.5) is 11.4 Å². The first kappa shape index (κ1) is 24.9. The number of non-ortho nitro benzene ring substituents is 2. The Labute approximate surface area is 190 Å². The van der Waals surface area contributed by atoms with Gasteiger partial charge >= 0.3 is 0 Å². The second-order valence-corrected chi connectivity index (χ2v) is 7.97. The molecule has 10 nitrogen and oxygen atoms in total. The predicted molar refractivity (Wildman–Crippen MR) is 124 cm³/mol. The average Bonchev–Trinajstić information content (AvgIpc) is 2.79. The normalized spacial score (nSPS) is 11.5. The summed E-state index contributed by atoms with van der Waals surface area (Å²) >= 11 is 0. The van der Waals surface area contributed by atoms with Crippen LogP contribution in [0.5, 0.6) is 0 Å². The molecule has 2 aromatic carbocycles. The molecule has 2 aromatic rings. The van der Waals surface area contributed by atoms with Crippen LogP contribution in [0.15, 0.2) is 60.7 Å². The molecular weight excluding hydrogens is 428 g/mol. The maximum Gasteiger partial charge on any atom is 0.270 e. The van der Waals surface area contributed by atoms with Crippen molar-refractivity contribution in [1.29, 1.82) is 0 Å². The molecule has 0 aliphatic rings. The van der Waals surface area contributed by atoms with Crippen molar-refractivity contribution >= 4 is 35.3 Å². The van der Waals surface area contributed by atoms with Gasteiger partial charge in [-0.1, -0.05) is 38.1 Å². The van der Waals surface area contributed by atoms with Crippen molar-refractivity contribution in [3.63, 3.8) is 0 Å². The van der Waals surface area contributed by atoms with E-state index in [-0.39, 0.29) is 36.3 Å². The molecule has 0 heterocycles. The van der Waals surface area contributed by atoms with Crippen LogP contribution in [-0.4, -0.2) is 34.8 Å². The SMILES string of the molecule is CC(C)(CNC(=O)/C=C/c1cccc([N+](=O)[O-])c1)CNC(=O)/C=C/c1cccc([N+](=O)[O-])c1. The maximum absolute atomic E-state index is 12.1. The van der Waals surface area contributed by atoms with E-state index in [0.29, 0.717) is 11.1 Å². The number of hydrogen-bond acceptors (Lipinski definition) is 6. The van der Waals surface area contributed by atoms with Gasteiger partial charge in [0.2, 0.25) is 11.8 Å².